The van der Waals surface area contributed by atoms with Gasteiger partial charge in [0.1, 0.15) is 5.57 Å². The van der Waals surface area contributed by atoms with E-state index in [-0.39, 0.29) is 11.3 Å². The van der Waals surface area contributed by atoms with Gasteiger partial charge in [-0.25, -0.2) is 9.69 Å². The third-order valence-corrected chi connectivity index (χ3v) is 5.12. The first-order valence-corrected chi connectivity index (χ1v) is 9.85. The summed E-state index contributed by atoms with van der Waals surface area (Å²) in [6.45, 7) is 0. The summed E-state index contributed by atoms with van der Waals surface area (Å²) in [6.07, 6.45) is 3.31. The number of carbonyl (C=O) groups excluding carboxylic acids is 3. The van der Waals surface area contributed by atoms with E-state index in [0.717, 1.165) is 16.3 Å². The highest BCUT2D eigenvalue weighted by molar-refractivity contribution is 6.39. The zero-order chi connectivity index (χ0) is 22.1. The van der Waals surface area contributed by atoms with Gasteiger partial charge in [-0.1, -0.05) is 17.7 Å². The molecule has 0 saturated carbocycles. The Hall–Kier alpha value is -3.84. The van der Waals surface area contributed by atoms with E-state index in [2.05, 4.69) is 5.32 Å². The molecule has 1 aliphatic heterocycles. The van der Waals surface area contributed by atoms with Gasteiger partial charge in [-0.3, -0.25) is 14.9 Å². The van der Waals surface area contributed by atoms with Gasteiger partial charge in [0, 0.05) is 42.4 Å². The second kappa shape index (κ2) is 8.12. The lowest BCUT2D eigenvalue weighted by molar-refractivity contribution is -0.122. The molecule has 2 aromatic carbocycles. The fourth-order valence-electron chi connectivity index (χ4n) is 3.31. The number of amides is 4. The normalized spacial score (nSPS) is 15.4. The van der Waals surface area contributed by atoms with Crippen LogP contribution in [0.4, 0.5) is 16.2 Å². The fourth-order valence-corrected chi connectivity index (χ4v) is 3.50. The van der Waals surface area contributed by atoms with Gasteiger partial charge >= 0.3 is 6.03 Å². The predicted molar refractivity (Wildman–Crippen MR) is 121 cm³/mol. The van der Waals surface area contributed by atoms with Gasteiger partial charge in [-0.2, -0.15) is 0 Å². The van der Waals surface area contributed by atoms with Crippen LogP contribution in [0.3, 0.4) is 0 Å². The number of carbonyl (C=O) groups is 3. The number of benzene rings is 2. The molecule has 0 aliphatic carbocycles. The summed E-state index contributed by atoms with van der Waals surface area (Å²) in [6, 6.07) is 17.0. The van der Waals surface area contributed by atoms with Crippen molar-refractivity contribution < 1.29 is 14.4 Å². The van der Waals surface area contributed by atoms with Crippen molar-refractivity contribution in [3.63, 3.8) is 0 Å². The van der Waals surface area contributed by atoms with Crippen LogP contribution in [0.2, 0.25) is 5.02 Å². The Labute approximate surface area is 184 Å². The van der Waals surface area contributed by atoms with Crippen molar-refractivity contribution in [1.82, 2.24) is 9.88 Å². The van der Waals surface area contributed by atoms with Crippen LogP contribution in [0.5, 0.6) is 0 Å². The molecule has 0 unspecified atom stereocenters. The summed E-state index contributed by atoms with van der Waals surface area (Å²) in [7, 11) is 3.92. The van der Waals surface area contributed by atoms with Crippen molar-refractivity contribution in [2.24, 2.45) is 0 Å². The third kappa shape index (κ3) is 3.95. The molecule has 31 heavy (non-hydrogen) atoms. The SMILES string of the molecule is CN(C)c1ccc(-n2cccc2/C=C2\C(=O)NC(=O)N(c3cccc(Cl)c3)C2=O)cc1. The van der Waals surface area contributed by atoms with Crippen molar-refractivity contribution in [2.75, 3.05) is 23.9 Å². The van der Waals surface area contributed by atoms with Gasteiger partial charge in [-0.05, 0) is 60.7 Å². The van der Waals surface area contributed by atoms with E-state index in [1.807, 2.05) is 60.1 Å². The minimum absolute atomic E-state index is 0.149. The molecule has 2 heterocycles. The summed E-state index contributed by atoms with van der Waals surface area (Å²) in [5.74, 6) is -1.46. The lowest BCUT2D eigenvalue weighted by Gasteiger charge is -2.26. The third-order valence-electron chi connectivity index (χ3n) is 4.88. The molecule has 156 valence electrons. The van der Waals surface area contributed by atoms with Gasteiger partial charge in [0.2, 0.25) is 0 Å². The van der Waals surface area contributed by atoms with Crippen LogP contribution in [0.25, 0.3) is 11.8 Å². The van der Waals surface area contributed by atoms with Crippen LogP contribution in [-0.4, -0.2) is 36.5 Å². The second-order valence-electron chi connectivity index (χ2n) is 7.15. The molecule has 1 aromatic heterocycles. The predicted octanol–water partition coefficient (Wildman–Crippen LogP) is 3.86. The Bertz CT molecular complexity index is 1210. The minimum atomic E-state index is -0.816. The zero-order valence-electron chi connectivity index (χ0n) is 16.9. The molecule has 1 fully saturated rings. The first-order chi connectivity index (χ1) is 14.8. The maximum absolute atomic E-state index is 13.1. The topological polar surface area (TPSA) is 74.7 Å². The van der Waals surface area contributed by atoms with Crippen LogP contribution in [-0.2, 0) is 9.59 Å². The molecule has 0 radical (unpaired) electrons. The fraction of sp³-hybridized carbons (Fsp3) is 0.0870. The Balaban J connectivity index is 1.71. The Morgan fingerprint density at radius 1 is 0.935 bits per heavy atom. The monoisotopic (exact) mass is 434 g/mol. The highest BCUT2D eigenvalue weighted by Gasteiger charge is 2.37. The lowest BCUT2D eigenvalue weighted by Crippen LogP contribution is -2.54. The van der Waals surface area contributed by atoms with Crippen LogP contribution in [0.1, 0.15) is 5.69 Å². The maximum Gasteiger partial charge on any atom is 0.335 e. The number of urea groups is 1. The largest absolute Gasteiger partial charge is 0.378 e. The van der Waals surface area contributed by atoms with Crippen molar-refractivity contribution in [1.29, 1.82) is 0 Å². The number of imide groups is 2. The van der Waals surface area contributed by atoms with E-state index in [1.165, 1.54) is 12.1 Å². The Morgan fingerprint density at radius 3 is 2.35 bits per heavy atom. The van der Waals surface area contributed by atoms with Crippen LogP contribution in [0.15, 0.2) is 72.4 Å². The summed E-state index contributed by atoms with van der Waals surface area (Å²) in [5.41, 5.74) is 2.67. The number of anilines is 2. The number of nitrogens with one attached hydrogen (secondary N) is 1. The van der Waals surface area contributed by atoms with Crippen LogP contribution in [0, 0.1) is 0 Å². The summed E-state index contributed by atoms with van der Waals surface area (Å²) >= 11 is 6.00. The van der Waals surface area contributed by atoms with E-state index in [1.54, 1.807) is 24.3 Å². The van der Waals surface area contributed by atoms with Gasteiger partial charge in [0.15, 0.2) is 0 Å². The van der Waals surface area contributed by atoms with Crippen molar-refractivity contribution in [3.8, 4) is 5.69 Å². The molecule has 4 rings (SSSR count). The summed E-state index contributed by atoms with van der Waals surface area (Å²) < 4.78 is 1.85. The quantitative estimate of drug-likeness (QED) is 0.499. The van der Waals surface area contributed by atoms with Crippen LogP contribution < -0.4 is 15.1 Å². The highest BCUT2D eigenvalue weighted by Crippen LogP contribution is 2.25. The second-order valence-corrected chi connectivity index (χ2v) is 7.59. The number of nitrogens with zero attached hydrogens (tertiary/aromatic N) is 3. The molecule has 4 amide bonds. The van der Waals surface area contributed by atoms with Crippen molar-refractivity contribution in [2.45, 2.75) is 0 Å². The minimum Gasteiger partial charge on any atom is -0.378 e. The molecular weight excluding hydrogens is 416 g/mol. The molecule has 8 heteroatoms. The Kier molecular flexibility index (Phi) is 5.35. The molecule has 7 nitrogen and oxygen atoms in total. The Morgan fingerprint density at radius 2 is 1.68 bits per heavy atom. The molecular formula is C23H19ClN4O3. The average molecular weight is 435 g/mol. The van der Waals surface area contributed by atoms with Gasteiger partial charge < -0.3 is 9.47 Å². The highest BCUT2D eigenvalue weighted by atomic mass is 35.5. The first kappa shape index (κ1) is 20.4. The standard InChI is InChI=1S/C23H19ClN4O3/c1-26(2)16-8-10-17(11-9-16)27-12-4-7-18(27)14-20-21(29)25-23(31)28(22(20)30)19-6-3-5-15(24)13-19/h3-14H,1-2H3,(H,25,29,31)/b20-14+. The van der Waals surface area contributed by atoms with E-state index >= 15 is 0 Å². The molecule has 0 spiro atoms. The number of hydrogen-bond acceptors (Lipinski definition) is 4. The first-order valence-electron chi connectivity index (χ1n) is 9.47. The number of halogens is 1. The molecule has 3 aromatic rings. The number of rotatable bonds is 4. The summed E-state index contributed by atoms with van der Waals surface area (Å²) in [4.78, 5) is 40.8. The summed E-state index contributed by atoms with van der Waals surface area (Å²) in [5, 5.41) is 2.59. The number of hydrogen-bond donors (Lipinski definition) is 1. The molecule has 0 bridgehead atoms. The maximum atomic E-state index is 13.1. The van der Waals surface area contributed by atoms with Crippen LogP contribution >= 0.6 is 11.6 Å². The molecule has 0 atom stereocenters. The van der Waals surface area contributed by atoms with Gasteiger partial charge in [-0.15, -0.1) is 0 Å². The van der Waals surface area contributed by atoms with Gasteiger partial charge in [0.25, 0.3) is 11.8 Å². The van der Waals surface area contributed by atoms with E-state index in [4.69, 9.17) is 11.6 Å². The average Bonchev–Trinajstić information content (AvgIpc) is 3.19. The number of barbiturate groups is 1. The van der Waals surface area contributed by atoms with E-state index in [9.17, 15) is 14.4 Å². The zero-order valence-corrected chi connectivity index (χ0v) is 17.6. The number of aromatic nitrogens is 1. The molecule has 1 aliphatic rings. The van der Waals surface area contributed by atoms with Crippen molar-refractivity contribution in [3.05, 3.63) is 83.2 Å². The lowest BCUT2D eigenvalue weighted by atomic mass is 10.1. The van der Waals surface area contributed by atoms with Gasteiger partial charge in [0.05, 0.1) is 5.69 Å². The van der Waals surface area contributed by atoms with Crippen molar-refractivity contribution >= 4 is 46.9 Å². The molecule has 1 saturated heterocycles. The van der Waals surface area contributed by atoms with E-state index < -0.39 is 17.8 Å². The molecule has 1 N–H and O–H groups in total. The van der Waals surface area contributed by atoms with E-state index in [0.29, 0.717) is 10.7 Å². The smallest absolute Gasteiger partial charge is 0.335 e.